The molecule has 0 saturated heterocycles. The zero-order valence-corrected chi connectivity index (χ0v) is 11.3. The summed E-state index contributed by atoms with van der Waals surface area (Å²) in [5.41, 5.74) is 5.67. The molecule has 1 aromatic heterocycles. The number of amides is 2. The van der Waals surface area contributed by atoms with Crippen LogP contribution in [0.4, 0.5) is 10.1 Å². The van der Waals surface area contributed by atoms with Gasteiger partial charge in [-0.3, -0.25) is 9.59 Å². The molecule has 0 spiro atoms. The van der Waals surface area contributed by atoms with E-state index in [1.54, 1.807) is 30.3 Å². The molecular formula is C16H11FN2O3. The highest BCUT2D eigenvalue weighted by molar-refractivity contribution is 6.14. The van der Waals surface area contributed by atoms with Crippen molar-refractivity contribution in [3.05, 3.63) is 65.7 Å². The fraction of sp³-hybridized carbons (Fsp3) is 0. The standard InChI is InChI=1S/C16H11FN2O3/c17-11-7-3-1-5-9(11)16(21)19-13-10-6-2-4-8-12(10)22-14(13)15(18)20/h1-8H,(H2,18,20)(H,19,21). The highest BCUT2D eigenvalue weighted by Crippen LogP contribution is 2.31. The van der Waals surface area contributed by atoms with Crippen molar-refractivity contribution < 1.29 is 18.4 Å². The number of carbonyl (C=O) groups excluding carboxylic acids is 2. The zero-order valence-electron chi connectivity index (χ0n) is 11.3. The lowest BCUT2D eigenvalue weighted by Gasteiger charge is -2.05. The summed E-state index contributed by atoms with van der Waals surface area (Å²) in [5.74, 6) is -2.34. The molecule has 3 N–H and O–H groups in total. The molecule has 6 heteroatoms. The predicted molar refractivity (Wildman–Crippen MR) is 79.1 cm³/mol. The number of primary amides is 1. The lowest BCUT2D eigenvalue weighted by molar-refractivity contribution is 0.0977. The lowest BCUT2D eigenvalue weighted by atomic mass is 10.1. The molecule has 0 saturated carbocycles. The Bertz CT molecular complexity index is 886. The average molecular weight is 298 g/mol. The second kappa shape index (κ2) is 5.33. The van der Waals surface area contributed by atoms with Crippen LogP contribution in [0.3, 0.4) is 0 Å². The average Bonchev–Trinajstić information content (AvgIpc) is 2.87. The molecule has 2 amide bonds. The molecule has 0 fully saturated rings. The molecule has 0 bridgehead atoms. The van der Waals surface area contributed by atoms with Crippen molar-refractivity contribution in [2.24, 2.45) is 5.73 Å². The van der Waals surface area contributed by atoms with Crippen molar-refractivity contribution in [2.75, 3.05) is 5.32 Å². The summed E-state index contributed by atoms with van der Waals surface area (Å²) in [5, 5.41) is 3.01. The molecule has 2 aromatic carbocycles. The molecule has 5 nitrogen and oxygen atoms in total. The Balaban J connectivity index is 2.07. The number of benzene rings is 2. The van der Waals surface area contributed by atoms with Crippen molar-refractivity contribution >= 4 is 28.5 Å². The number of anilines is 1. The number of nitrogens with one attached hydrogen (secondary N) is 1. The maximum atomic E-state index is 13.7. The first-order valence-electron chi connectivity index (χ1n) is 6.45. The van der Waals surface area contributed by atoms with Crippen LogP contribution in [0.5, 0.6) is 0 Å². The van der Waals surface area contributed by atoms with Gasteiger partial charge in [0.05, 0.1) is 5.56 Å². The van der Waals surface area contributed by atoms with Gasteiger partial charge in [0.1, 0.15) is 17.1 Å². The molecule has 0 aliphatic heterocycles. The summed E-state index contributed by atoms with van der Waals surface area (Å²) in [6, 6.07) is 12.3. The minimum Gasteiger partial charge on any atom is -0.449 e. The van der Waals surface area contributed by atoms with E-state index in [2.05, 4.69) is 5.32 Å². The van der Waals surface area contributed by atoms with Crippen molar-refractivity contribution in [3.8, 4) is 0 Å². The van der Waals surface area contributed by atoms with Gasteiger partial charge in [0.25, 0.3) is 11.8 Å². The van der Waals surface area contributed by atoms with Gasteiger partial charge in [0.15, 0.2) is 0 Å². The summed E-state index contributed by atoms with van der Waals surface area (Å²) >= 11 is 0. The van der Waals surface area contributed by atoms with Crippen LogP contribution in [-0.4, -0.2) is 11.8 Å². The Morgan fingerprint density at radius 1 is 1.05 bits per heavy atom. The third kappa shape index (κ3) is 2.31. The number of nitrogens with two attached hydrogens (primary N) is 1. The molecule has 110 valence electrons. The normalized spacial score (nSPS) is 10.6. The Morgan fingerprint density at radius 2 is 1.73 bits per heavy atom. The largest absolute Gasteiger partial charge is 0.449 e. The number of carbonyl (C=O) groups is 2. The Labute approximate surface area is 124 Å². The predicted octanol–water partition coefficient (Wildman–Crippen LogP) is 2.92. The molecule has 3 rings (SSSR count). The first-order chi connectivity index (χ1) is 10.6. The fourth-order valence-electron chi connectivity index (χ4n) is 2.17. The van der Waals surface area contributed by atoms with Crippen LogP contribution in [0.1, 0.15) is 20.9 Å². The minimum absolute atomic E-state index is 0.136. The van der Waals surface area contributed by atoms with E-state index in [1.165, 1.54) is 18.2 Å². The lowest BCUT2D eigenvalue weighted by Crippen LogP contribution is -2.17. The molecule has 3 aromatic rings. The summed E-state index contributed by atoms with van der Waals surface area (Å²) in [7, 11) is 0. The van der Waals surface area contributed by atoms with Crippen molar-refractivity contribution in [1.82, 2.24) is 0 Å². The summed E-state index contributed by atoms with van der Waals surface area (Å²) in [4.78, 5) is 23.7. The van der Waals surface area contributed by atoms with Crippen molar-refractivity contribution in [2.45, 2.75) is 0 Å². The third-order valence-corrected chi connectivity index (χ3v) is 3.18. The summed E-state index contributed by atoms with van der Waals surface area (Å²) in [6.45, 7) is 0. The van der Waals surface area contributed by atoms with Crippen molar-refractivity contribution in [1.29, 1.82) is 0 Å². The molecule has 0 unspecified atom stereocenters. The first kappa shape index (κ1) is 13.8. The van der Waals surface area contributed by atoms with Crippen LogP contribution in [0.15, 0.2) is 52.9 Å². The third-order valence-electron chi connectivity index (χ3n) is 3.18. The van der Waals surface area contributed by atoms with E-state index in [9.17, 15) is 14.0 Å². The second-order valence-electron chi connectivity index (χ2n) is 4.60. The minimum atomic E-state index is -0.819. The van der Waals surface area contributed by atoms with Gasteiger partial charge in [0, 0.05) is 5.39 Å². The van der Waals surface area contributed by atoms with Crippen LogP contribution < -0.4 is 11.1 Å². The van der Waals surface area contributed by atoms with E-state index in [0.29, 0.717) is 11.0 Å². The van der Waals surface area contributed by atoms with E-state index in [1.807, 2.05) is 0 Å². The van der Waals surface area contributed by atoms with Gasteiger partial charge in [0.2, 0.25) is 5.76 Å². The van der Waals surface area contributed by atoms with E-state index in [0.717, 1.165) is 0 Å². The molecule has 0 radical (unpaired) electrons. The molecule has 0 aliphatic rings. The van der Waals surface area contributed by atoms with Crippen LogP contribution in [0.25, 0.3) is 11.0 Å². The van der Waals surface area contributed by atoms with Gasteiger partial charge in [-0.05, 0) is 24.3 Å². The quantitative estimate of drug-likeness (QED) is 0.779. The van der Waals surface area contributed by atoms with Gasteiger partial charge >= 0.3 is 0 Å². The van der Waals surface area contributed by atoms with E-state index in [-0.39, 0.29) is 17.0 Å². The number of hydrogen-bond acceptors (Lipinski definition) is 3. The topological polar surface area (TPSA) is 85.3 Å². The highest BCUT2D eigenvalue weighted by Gasteiger charge is 2.21. The Morgan fingerprint density at radius 3 is 2.45 bits per heavy atom. The molecule has 0 aliphatic carbocycles. The van der Waals surface area contributed by atoms with E-state index >= 15 is 0 Å². The molecule has 0 atom stereocenters. The fourth-order valence-corrected chi connectivity index (χ4v) is 2.17. The first-order valence-corrected chi connectivity index (χ1v) is 6.45. The smallest absolute Gasteiger partial charge is 0.286 e. The van der Waals surface area contributed by atoms with Gasteiger partial charge in [-0.15, -0.1) is 0 Å². The zero-order chi connectivity index (χ0) is 15.7. The second-order valence-corrected chi connectivity index (χ2v) is 4.60. The maximum absolute atomic E-state index is 13.7. The van der Waals surface area contributed by atoms with Crippen LogP contribution in [-0.2, 0) is 0 Å². The molecule has 1 heterocycles. The van der Waals surface area contributed by atoms with Gasteiger partial charge in [-0.1, -0.05) is 24.3 Å². The highest BCUT2D eigenvalue weighted by atomic mass is 19.1. The summed E-state index contributed by atoms with van der Waals surface area (Å²) in [6.07, 6.45) is 0. The van der Waals surface area contributed by atoms with Gasteiger partial charge in [-0.2, -0.15) is 0 Å². The number of furan rings is 1. The maximum Gasteiger partial charge on any atom is 0.286 e. The van der Waals surface area contributed by atoms with E-state index in [4.69, 9.17) is 10.2 Å². The number of hydrogen-bond donors (Lipinski definition) is 2. The summed E-state index contributed by atoms with van der Waals surface area (Å²) < 4.78 is 19.0. The van der Waals surface area contributed by atoms with Crippen LogP contribution in [0.2, 0.25) is 0 Å². The Hall–Kier alpha value is -3.15. The monoisotopic (exact) mass is 298 g/mol. The van der Waals surface area contributed by atoms with E-state index < -0.39 is 17.6 Å². The Kier molecular flexibility index (Phi) is 3.34. The number of fused-ring (bicyclic) bond motifs is 1. The van der Waals surface area contributed by atoms with Gasteiger partial charge in [-0.25, -0.2) is 4.39 Å². The number of para-hydroxylation sites is 1. The number of rotatable bonds is 3. The molecule has 22 heavy (non-hydrogen) atoms. The molecular weight excluding hydrogens is 287 g/mol. The van der Waals surface area contributed by atoms with Gasteiger partial charge < -0.3 is 15.5 Å². The van der Waals surface area contributed by atoms with Crippen LogP contribution in [0, 0.1) is 5.82 Å². The number of halogens is 1. The van der Waals surface area contributed by atoms with Crippen LogP contribution >= 0.6 is 0 Å². The van der Waals surface area contributed by atoms with Crippen molar-refractivity contribution in [3.63, 3.8) is 0 Å². The SMILES string of the molecule is NC(=O)c1oc2ccccc2c1NC(=O)c1ccccc1F.